The SMILES string of the molecule is Cc1ccc(CNC(=O)[C@H]2CCO[C@@H]2c2ccnn2C(C)C)c(C)c1. The summed E-state index contributed by atoms with van der Waals surface area (Å²) in [6.07, 6.45) is 2.30. The minimum absolute atomic E-state index is 0.0546. The molecule has 1 saturated heterocycles. The van der Waals surface area contributed by atoms with Gasteiger partial charge in [-0.1, -0.05) is 23.8 Å². The van der Waals surface area contributed by atoms with Gasteiger partial charge in [0.15, 0.2) is 0 Å². The smallest absolute Gasteiger partial charge is 0.226 e. The summed E-state index contributed by atoms with van der Waals surface area (Å²) in [6.45, 7) is 9.49. The number of hydrogen-bond acceptors (Lipinski definition) is 3. The highest BCUT2D eigenvalue weighted by molar-refractivity contribution is 5.79. The van der Waals surface area contributed by atoms with Crippen molar-refractivity contribution in [2.75, 3.05) is 6.61 Å². The fraction of sp³-hybridized carbons (Fsp3) is 0.500. The summed E-state index contributed by atoms with van der Waals surface area (Å²) in [7, 11) is 0. The summed E-state index contributed by atoms with van der Waals surface area (Å²) in [5.41, 5.74) is 4.58. The molecule has 1 fully saturated rings. The van der Waals surface area contributed by atoms with Crippen molar-refractivity contribution in [2.45, 2.75) is 52.8 Å². The number of nitrogens with one attached hydrogen (secondary N) is 1. The highest BCUT2D eigenvalue weighted by Gasteiger charge is 2.37. The topological polar surface area (TPSA) is 56.1 Å². The van der Waals surface area contributed by atoms with E-state index in [-0.39, 0.29) is 24.0 Å². The number of hydrogen-bond donors (Lipinski definition) is 1. The van der Waals surface area contributed by atoms with Gasteiger partial charge in [-0.2, -0.15) is 5.10 Å². The molecule has 1 amide bonds. The van der Waals surface area contributed by atoms with Gasteiger partial charge in [0.05, 0.1) is 11.6 Å². The lowest BCUT2D eigenvalue weighted by atomic mass is 9.97. The van der Waals surface area contributed by atoms with Crippen LogP contribution in [0.3, 0.4) is 0 Å². The van der Waals surface area contributed by atoms with Gasteiger partial charge < -0.3 is 10.1 Å². The lowest BCUT2D eigenvalue weighted by molar-refractivity contribution is -0.127. The van der Waals surface area contributed by atoms with Gasteiger partial charge in [0.2, 0.25) is 5.91 Å². The number of carbonyl (C=O) groups is 1. The molecule has 25 heavy (non-hydrogen) atoms. The van der Waals surface area contributed by atoms with Crippen LogP contribution in [0.1, 0.15) is 54.8 Å². The Morgan fingerprint density at radius 1 is 1.36 bits per heavy atom. The van der Waals surface area contributed by atoms with Crippen LogP contribution in [0.2, 0.25) is 0 Å². The van der Waals surface area contributed by atoms with Gasteiger partial charge in [-0.05, 0) is 51.3 Å². The van der Waals surface area contributed by atoms with Crippen molar-refractivity contribution in [3.63, 3.8) is 0 Å². The fourth-order valence-corrected chi connectivity index (χ4v) is 3.49. The summed E-state index contributed by atoms with van der Waals surface area (Å²) in [4.78, 5) is 12.8. The second-order valence-electron chi connectivity index (χ2n) is 7.13. The molecule has 0 unspecified atom stereocenters. The molecule has 1 aromatic heterocycles. The van der Waals surface area contributed by atoms with E-state index in [1.54, 1.807) is 6.20 Å². The molecule has 2 atom stereocenters. The third-order valence-electron chi connectivity index (χ3n) is 4.86. The largest absolute Gasteiger partial charge is 0.371 e. The minimum atomic E-state index is -0.219. The van der Waals surface area contributed by atoms with E-state index >= 15 is 0 Å². The molecule has 0 spiro atoms. The van der Waals surface area contributed by atoms with Gasteiger partial charge in [0.1, 0.15) is 6.10 Å². The first-order valence-corrected chi connectivity index (χ1v) is 8.96. The number of ether oxygens (including phenoxy) is 1. The van der Waals surface area contributed by atoms with Crippen LogP contribution in [0.25, 0.3) is 0 Å². The van der Waals surface area contributed by atoms with Crippen LogP contribution < -0.4 is 5.32 Å². The number of nitrogens with zero attached hydrogens (tertiary/aromatic N) is 2. The molecular weight excluding hydrogens is 314 g/mol. The molecule has 5 nitrogen and oxygen atoms in total. The van der Waals surface area contributed by atoms with Crippen molar-refractivity contribution in [1.82, 2.24) is 15.1 Å². The third-order valence-corrected chi connectivity index (χ3v) is 4.86. The number of rotatable bonds is 5. The maximum absolute atomic E-state index is 12.8. The summed E-state index contributed by atoms with van der Waals surface area (Å²) in [5.74, 6) is -0.112. The van der Waals surface area contributed by atoms with Crippen molar-refractivity contribution in [2.24, 2.45) is 5.92 Å². The standard InChI is InChI=1S/C20H27N3O2/c1-13(2)23-18(7-9-22-23)19-17(8-10-25-19)20(24)21-12-16-6-5-14(3)11-15(16)4/h5-7,9,11,13,17,19H,8,10,12H2,1-4H3,(H,21,24)/t17-,19-/m0/s1. The van der Waals surface area contributed by atoms with Crippen LogP contribution in [0.15, 0.2) is 30.5 Å². The Balaban J connectivity index is 1.69. The van der Waals surface area contributed by atoms with Gasteiger partial charge in [-0.25, -0.2) is 0 Å². The van der Waals surface area contributed by atoms with Crippen LogP contribution in [0.4, 0.5) is 0 Å². The fourth-order valence-electron chi connectivity index (χ4n) is 3.49. The van der Waals surface area contributed by atoms with Gasteiger partial charge in [-0.3, -0.25) is 9.48 Å². The molecule has 0 aliphatic carbocycles. The highest BCUT2D eigenvalue weighted by atomic mass is 16.5. The maximum atomic E-state index is 12.8. The van der Waals surface area contributed by atoms with Gasteiger partial charge >= 0.3 is 0 Å². The molecule has 0 saturated carbocycles. The monoisotopic (exact) mass is 341 g/mol. The number of amides is 1. The van der Waals surface area contributed by atoms with Crippen molar-refractivity contribution < 1.29 is 9.53 Å². The zero-order chi connectivity index (χ0) is 18.0. The summed E-state index contributed by atoms with van der Waals surface area (Å²) < 4.78 is 7.84. The van der Waals surface area contributed by atoms with E-state index in [4.69, 9.17) is 4.74 Å². The van der Waals surface area contributed by atoms with Gasteiger partial charge in [0, 0.05) is 25.4 Å². The van der Waals surface area contributed by atoms with E-state index in [0.717, 1.165) is 17.7 Å². The van der Waals surface area contributed by atoms with Gasteiger partial charge in [-0.15, -0.1) is 0 Å². The average Bonchev–Trinajstić information content (AvgIpc) is 3.22. The highest BCUT2D eigenvalue weighted by Crippen LogP contribution is 2.35. The summed E-state index contributed by atoms with van der Waals surface area (Å²) in [6, 6.07) is 8.51. The Hall–Kier alpha value is -2.14. The molecule has 0 radical (unpaired) electrons. The second-order valence-corrected chi connectivity index (χ2v) is 7.13. The second kappa shape index (κ2) is 7.40. The van der Waals surface area contributed by atoms with Crippen LogP contribution in [-0.2, 0) is 16.1 Å². The van der Waals surface area contributed by atoms with E-state index in [0.29, 0.717) is 13.2 Å². The van der Waals surface area contributed by atoms with E-state index in [1.165, 1.54) is 11.1 Å². The predicted molar refractivity (Wildman–Crippen MR) is 97.2 cm³/mol. The van der Waals surface area contributed by atoms with Gasteiger partial charge in [0.25, 0.3) is 0 Å². The number of benzene rings is 1. The van der Waals surface area contributed by atoms with E-state index in [9.17, 15) is 4.79 Å². The van der Waals surface area contributed by atoms with Crippen molar-refractivity contribution in [1.29, 1.82) is 0 Å². The van der Waals surface area contributed by atoms with Crippen LogP contribution in [-0.4, -0.2) is 22.3 Å². The maximum Gasteiger partial charge on any atom is 0.226 e. The third kappa shape index (κ3) is 3.76. The van der Waals surface area contributed by atoms with Crippen LogP contribution in [0.5, 0.6) is 0 Å². The normalized spacial score (nSPS) is 20.2. The molecule has 2 aromatic rings. The first-order valence-electron chi connectivity index (χ1n) is 8.96. The van der Waals surface area contributed by atoms with E-state index in [2.05, 4.69) is 56.3 Å². The summed E-state index contributed by atoms with van der Waals surface area (Å²) >= 11 is 0. The Bertz CT molecular complexity index is 751. The zero-order valence-electron chi connectivity index (χ0n) is 15.5. The Labute approximate surface area is 149 Å². The first kappa shape index (κ1) is 17.7. The van der Waals surface area contributed by atoms with E-state index < -0.39 is 0 Å². The summed E-state index contributed by atoms with van der Waals surface area (Å²) in [5, 5.41) is 7.47. The minimum Gasteiger partial charge on any atom is -0.371 e. The predicted octanol–water partition coefficient (Wildman–Crippen LogP) is 3.47. The molecule has 0 bridgehead atoms. The van der Waals surface area contributed by atoms with Crippen molar-refractivity contribution in [3.8, 4) is 0 Å². The Morgan fingerprint density at radius 3 is 2.88 bits per heavy atom. The molecule has 1 N–H and O–H groups in total. The molecule has 5 heteroatoms. The average molecular weight is 341 g/mol. The van der Waals surface area contributed by atoms with Crippen molar-refractivity contribution in [3.05, 3.63) is 52.8 Å². The number of carbonyl (C=O) groups excluding carboxylic acids is 1. The number of aromatic nitrogens is 2. The lowest BCUT2D eigenvalue weighted by Gasteiger charge is -2.21. The molecule has 2 heterocycles. The van der Waals surface area contributed by atoms with Crippen molar-refractivity contribution >= 4 is 5.91 Å². The molecule has 134 valence electrons. The molecule has 1 aliphatic heterocycles. The van der Waals surface area contributed by atoms with Crippen LogP contribution in [0, 0.1) is 19.8 Å². The molecule has 3 rings (SSSR count). The molecule has 1 aliphatic rings. The van der Waals surface area contributed by atoms with Crippen LogP contribution >= 0.6 is 0 Å². The Morgan fingerprint density at radius 2 is 2.16 bits per heavy atom. The number of aryl methyl sites for hydroxylation is 2. The first-order chi connectivity index (χ1) is 12.0. The quantitative estimate of drug-likeness (QED) is 0.906. The van der Waals surface area contributed by atoms with E-state index in [1.807, 2.05) is 10.7 Å². The molecular formula is C20H27N3O2. The lowest BCUT2D eigenvalue weighted by Crippen LogP contribution is -2.32. The molecule has 1 aromatic carbocycles. The Kier molecular flexibility index (Phi) is 5.23. The zero-order valence-corrected chi connectivity index (χ0v) is 15.5.